The number of imidazole rings is 1. The fourth-order valence-electron chi connectivity index (χ4n) is 4.13. The third-order valence-corrected chi connectivity index (χ3v) is 5.57. The molecule has 156 valence electrons. The van der Waals surface area contributed by atoms with Gasteiger partial charge in [-0.2, -0.15) is 10.4 Å². The summed E-state index contributed by atoms with van der Waals surface area (Å²) in [5.41, 5.74) is 6.25. The van der Waals surface area contributed by atoms with Gasteiger partial charge in [-0.3, -0.25) is 18.9 Å². The Bertz CT molecular complexity index is 1540. The highest BCUT2D eigenvalue weighted by atomic mass is 16.1. The molecule has 4 heterocycles. The summed E-state index contributed by atoms with van der Waals surface area (Å²) in [6.45, 7) is 4.50. The van der Waals surface area contributed by atoms with E-state index in [0.717, 1.165) is 33.5 Å². The van der Waals surface area contributed by atoms with Crippen molar-refractivity contribution in [2.45, 2.75) is 26.8 Å². The highest BCUT2D eigenvalue weighted by Gasteiger charge is 2.18. The van der Waals surface area contributed by atoms with E-state index in [4.69, 9.17) is 5.10 Å². The number of aromatic nitrogens is 5. The van der Waals surface area contributed by atoms with E-state index >= 15 is 0 Å². The van der Waals surface area contributed by atoms with Gasteiger partial charge in [0.1, 0.15) is 17.4 Å². The molecule has 0 aliphatic heterocycles. The number of carbonyl (C=O) groups is 1. The maximum atomic E-state index is 13.2. The molecule has 0 saturated carbocycles. The Labute approximate surface area is 184 Å². The summed E-state index contributed by atoms with van der Waals surface area (Å²) in [7, 11) is 0. The molecule has 0 N–H and O–H groups in total. The van der Waals surface area contributed by atoms with Crippen molar-refractivity contribution in [2.75, 3.05) is 0 Å². The first kappa shape index (κ1) is 19.6. The van der Waals surface area contributed by atoms with Crippen LogP contribution in [0.4, 0.5) is 0 Å². The van der Waals surface area contributed by atoms with E-state index in [9.17, 15) is 10.1 Å². The standard InChI is InChI=1S/C25H20N6O/c1-16-5-3-7-20(28-16)15-31-21-8-4-6-19(25(21)17(2)29-31)11-23(32)22-13-27-24-10-9-18(12-26)14-30(22)24/h3-10,13-14H,11,15H2,1-2H3. The van der Waals surface area contributed by atoms with Crippen LogP contribution in [0.3, 0.4) is 0 Å². The van der Waals surface area contributed by atoms with Crippen LogP contribution in [0.25, 0.3) is 16.6 Å². The van der Waals surface area contributed by atoms with Crippen LogP contribution in [0.5, 0.6) is 0 Å². The minimum atomic E-state index is -0.0624. The molecule has 0 aliphatic carbocycles. The summed E-state index contributed by atoms with van der Waals surface area (Å²) < 4.78 is 3.62. The van der Waals surface area contributed by atoms with Crippen LogP contribution in [0.2, 0.25) is 0 Å². The van der Waals surface area contributed by atoms with Crippen LogP contribution in [0, 0.1) is 25.2 Å². The van der Waals surface area contributed by atoms with Crippen LogP contribution in [-0.4, -0.2) is 29.9 Å². The molecular formula is C25H20N6O. The van der Waals surface area contributed by atoms with E-state index in [1.54, 1.807) is 28.9 Å². The molecule has 0 bridgehead atoms. The smallest absolute Gasteiger partial charge is 0.185 e. The number of ketones is 1. The minimum Gasteiger partial charge on any atom is -0.296 e. The number of fused-ring (bicyclic) bond motifs is 2. The third-order valence-electron chi connectivity index (χ3n) is 5.57. The number of Topliss-reactive ketones (excluding diaryl/α,β-unsaturated/α-hetero) is 1. The van der Waals surface area contributed by atoms with Gasteiger partial charge < -0.3 is 0 Å². The van der Waals surface area contributed by atoms with Crippen molar-refractivity contribution in [3.05, 3.63) is 94.8 Å². The molecule has 0 unspecified atom stereocenters. The van der Waals surface area contributed by atoms with Crippen LogP contribution in [0.15, 0.2) is 60.9 Å². The van der Waals surface area contributed by atoms with Crippen molar-refractivity contribution in [1.82, 2.24) is 24.1 Å². The second-order valence-electron chi connectivity index (χ2n) is 7.83. The van der Waals surface area contributed by atoms with Gasteiger partial charge in [-0.1, -0.05) is 18.2 Å². The molecule has 1 aromatic carbocycles. The maximum absolute atomic E-state index is 13.2. The largest absolute Gasteiger partial charge is 0.296 e. The van der Waals surface area contributed by atoms with Crippen molar-refractivity contribution >= 4 is 22.3 Å². The highest BCUT2D eigenvalue weighted by Crippen LogP contribution is 2.25. The number of nitriles is 1. The Morgan fingerprint density at radius 2 is 1.94 bits per heavy atom. The molecule has 0 aliphatic rings. The number of pyridine rings is 2. The zero-order chi connectivity index (χ0) is 22.2. The molecule has 4 aromatic heterocycles. The maximum Gasteiger partial charge on any atom is 0.185 e. The molecule has 0 amide bonds. The van der Waals surface area contributed by atoms with Crippen molar-refractivity contribution in [2.24, 2.45) is 0 Å². The van der Waals surface area contributed by atoms with Gasteiger partial charge in [0, 0.05) is 23.7 Å². The van der Waals surface area contributed by atoms with Crippen LogP contribution in [0.1, 0.15) is 38.7 Å². The Kier molecular flexibility index (Phi) is 4.75. The number of aryl methyl sites for hydroxylation is 2. The predicted octanol–water partition coefficient (Wildman–Crippen LogP) is 4.04. The number of hydrogen-bond acceptors (Lipinski definition) is 5. The fourth-order valence-corrected chi connectivity index (χ4v) is 4.13. The van der Waals surface area contributed by atoms with E-state index in [-0.39, 0.29) is 12.2 Å². The Morgan fingerprint density at radius 3 is 2.75 bits per heavy atom. The number of hydrogen-bond donors (Lipinski definition) is 0. The molecule has 0 saturated heterocycles. The second-order valence-corrected chi connectivity index (χ2v) is 7.83. The summed E-state index contributed by atoms with van der Waals surface area (Å²) in [6.07, 6.45) is 3.43. The summed E-state index contributed by atoms with van der Waals surface area (Å²) >= 11 is 0. The summed E-state index contributed by atoms with van der Waals surface area (Å²) in [5, 5.41) is 14.9. The molecule has 0 radical (unpaired) electrons. The first-order valence-corrected chi connectivity index (χ1v) is 10.3. The molecule has 0 fully saturated rings. The Balaban J connectivity index is 1.51. The first-order valence-electron chi connectivity index (χ1n) is 10.3. The van der Waals surface area contributed by atoms with E-state index in [0.29, 0.717) is 23.4 Å². The molecule has 5 rings (SSSR count). The monoisotopic (exact) mass is 420 g/mol. The molecule has 0 atom stereocenters. The zero-order valence-corrected chi connectivity index (χ0v) is 17.8. The van der Waals surface area contributed by atoms with Gasteiger partial charge >= 0.3 is 0 Å². The molecule has 7 heteroatoms. The molecule has 5 aromatic rings. The fraction of sp³-hybridized carbons (Fsp3) is 0.160. The zero-order valence-electron chi connectivity index (χ0n) is 17.8. The van der Waals surface area contributed by atoms with Crippen molar-refractivity contribution in [3.63, 3.8) is 0 Å². The van der Waals surface area contributed by atoms with Gasteiger partial charge in [0.2, 0.25) is 0 Å². The SMILES string of the molecule is Cc1cccc(Cn2nc(C)c3c(CC(=O)c4cnc5ccc(C#N)cn45)cccc32)n1. The van der Waals surface area contributed by atoms with Gasteiger partial charge in [0.05, 0.1) is 35.2 Å². The van der Waals surface area contributed by atoms with Crippen molar-refractivity contribution < 1.29 is 4.79 Å². The van der Waals surface area contributed by atoms with Gasteiger partial charge in [-0.15, -0.1) is 0 Å². The van der Waals surface area contributed by atoms with E-state index in [1.807, 2.05) is 54.9 Å². The number of rotatable bonds is 5. The van der Waals surface area contributed by atoms with Gasteiger partial charge in [0.25, 0.3) is 0 Å². The lowest BCUT2D eigenvalue weighted by molar-refractivity contribution is 0.0987. The van der Waals surface area contributed by atoms with E-state index in [2.05, 4.69) is 16.0 Å². The second kappa shape index (κ2) is 7.75. The summed E-state index contributed by atoms with van der Waals surface area (Å²) in [4.78, 5) is 22.1. The van der Waals surface area contributed by atoms with Gasteiger partial charge in [-0.25, -0.2) is 4.98 Å². The lowest BCUT2D eigenvalue weighted by atomic mass is 10.0. The average molecular weight is 420 g/mol. The molecule has 0 spiro atoms. The topological polar surface area (TPSA) is 88.9 Å². The molecule has 32 heavy (non-hydrogen) atoms. The lowest BCUT2D eigenvalue weighted by Gasteiger charge is -2.06. The lowest BCUT2D eigenvalue weighted by Crippen LogP contribution is -2.08. The summed E-state index contributed by atoms with van der Waals surface area (Å²) in [5.74, 6) is -0.0624. The normalized spacial score (nSPS) is 11.2. The van der Waals surface area contributed by atoms with Gasteiger partial charge in [-0.05, 0) is 49.7 Å². The van der Waals surface area contributed by atoms with Crippen LogP contribution < -0.4 is 0 Å². The summed E-state index contributed by atoms with van der Waals surface area (Å²) in [6, 6.07) is 17.4. The van der Waals surface area contributed by atoms with Crippen molar-refractivity contribution in [3.8, 4) is 6.07 Å². The minimum absolute atomic E-state index is 0.0624. The average Bonchev–Trinajstić information content (AvgIpc) is 3.35. The first-order chi connectivity index (χ1) is 15.5. The van der Waals surface area contributed by atoms with Crippen LogP contribution >= 0.6 is 0 Å². The quantitative estimate of drug-likeness (QED) is 0.400. The predicted molar refractivity (Wildman–Crippen MR) is 120 cm³/mol. The van der Waals surface area contributed by atoms with E-state index < -0.39 is 0 Å². The Morgan fingerprint density at radius 1 is 1.09 bits per heavy atom. The highest BCUT2D eigenvalue weighted by molar-refractivity contribution is 5.99. The molecular weight excluding hydrogens is 400 g/mol. The van der Waals surface area contributed by atoms with E-state index in [1.165, 1.54) is 0 Å². The third kappa shape index (κ3) is 3.42. The van der Waals surface area contributed by atoms with Crippen molar-refractivity contribution in [1.29, 1.82) is 5.26 Å². The van der Waals surface area contributed by atoms with Gasteiger partial charge in [0.15, 0.2) is 5.78 Å². The Hall–Kier alpha value is -4.31. The van der Waals surface area contributed by atoms with Crippen LogP contribution in [-0.2, 0) is 13.0 Å². The molecule has 7 nitrogen and oxygen atoms in total. The number of benzene rings is 1. The number of nitrogens with zero attached hydrogens (tertiary/aromatic N) is 6. The number of carbonyl (C=O) groups excluding carboxylic acids is 1.